The minimum absolute atomic E-state index is 0.182. The van der Waals surface area contributed by atoms with Gasteiger partial charge in [0.15, 0.2) is 6.17 Å². The van der Waals surface area contributed by atoms with Gasteiger partial charge in [-0.1, -0.05) is 0 Å². The summed E-state index contributed by atoms with van der Waals surface area (Å²) in [6.45, 7) is -3.17. The molecule has 0 aromatic carbocycles. The Labute approximate surface area is 135 Å². The first-order valence-electron chi connectivity index (χ1n) is 5.86. The Hall–Kier alpha value is -1.48. The normalized spacial score (nSPS) is 17.0. The Morgan fingerprint density at radius 1 is 0.846 bits per heavy atom. The molecule has 0 rings (SSSR count). The van der Waals surface area contributed by atoms with Crippen LogP contribution < -0.4 is 0 Å². The van der Waals surface area contributed by atoms with E-state index in [1.54, 1.807) is 0 Å². The van der Waals surface area contributed by atoms with Gasteiger partial charge in [-0.25, -0.2) is 9.18 Å². The Morgan fingerprint density at radius 3 is 1.50 bits per heavy atom. The van der Waals surface area contributed by atoms with E-state index >= 15 is 0 Å². The highest BCUT2D eigenvalue weighted by atomic mass is 19.4. The van der Waals surface area contributed by atoms with Gasteiger partial charge in [-0.3, -0.25) is 0 Å². The highest BCUT2D eigenvalue weighted by Crippen LogP contribution is 2.48. The van der Waals surface area contributed by atoms with E-state index in [2.05, 4.69) is 9.47 Å². The molecule has 0 fully saturated rings. The lowest BCUT2D eigenvalue weighted by Gasteiger charge is -2.33. The molecular weight excluding hydrogens is 415 g/mol. The van der Waals surface area contributed by atoms with Crippen LogP contribution in [-0.2, 0) is 14.3 Å². The molecule has 3 nitrogen and oxygen atoms in total. The molecule has 156 valence electrons. The summed E-state index contributed by atoms with van der Waals surface area (Å²) < 4.78 is 169. The number of esters is 1. The second-order valence-corrected chi connectivity index (χ2v) is 4.57. The predicted octanol–water partition coefficient (Wildman–Crippen LogP) is 4.12. The third-order valence-corrected chi connectivity index (χ3v) is 2.77. The van der Waals surface area contributed by atoms with E-state index in [9.17, 15) is 61.9 Å². The molecule has 0 radical (unpaired) electrons. The van der Waals surface area contributed by atoms with Gasteiger partial charge in [-0.15, -0.1) is 0 Å². The summed E-state index contributed by atoms with van der Waals surface area (Å²) in [4.78, 5) is 10.6. The first-order chi connectivity index (χ1) is 11.2. The number of carbonyl (C=O) groups is 1. The minimum atomic E-state index is -6.97. The van der Waals surface area contributed by atoms with Crippen molar-refractivity contribution in [2.45, 2.75) is 36.5 Å². The third kappa shape index (κ3) is 4.82. The Bertz CT molecular complexity index is 478. The van der Waals surface area contributed by atoms with Crippen LogP contribution in [0.4, 0.5) is 57.1 Å². The molecule has 16 heteroatoms. The van der Waals surface area contributed by atoms with Gasteiger partial charge in [0.2, 0.25) is 0 Å². The summed E-state index contributed by atoms with van der Waals surface area (Å²) >= 11 is 0. The quantitative estimate of drug-likeness (QED) is 0.478. The van der Waals surface area contributed by atoms with Crippen LogP contribution in [0.2, 0.25) is 0 Å². The maximum Gasteiger partial charge on any atom is 0.458 e. The van der Waals surface area contributed by atoms with Crippen molar-refractivity contribution in [1.29, 1.82) is 0 Å². The van der Waals surface area contributed by atoms with Crippen molar-refractivity contribution in [2.24, 2.45) is 5.92 Å². The fourth-order valence-corrected chi connectivity index (χ4v) is 1.38. The molecule has 0 saturated carbocycles. The van der Waals surface area contributed by atoms with Crippen molar-refractivity contribution < 1.29 is 71.3 Å². The lowest BCUT2D eigenvalue weighted by molar-refractivity contribution is -0.435. The second kappa shape index (κ2) is 7.26. The molecular formula is C10H7F13O3. The molecule has 0 aromatic rings. The summed E-state index contributed by atoms with van der Waals surface area (Å²) in [7, 11) is 0.182. The fraction of sp³-hybridized carbons (Fsp3) is 0.900. The monoisotopic (exact) mass is 422 g/mol. The van der Waals surface area contributed by atoms with Crippen LogP contribution >= 0.6 is 0 Å². The van der Waals surface area contributed by atoms with Crippen molar-refractivity contribution in [2.75, 3.05) is 13.7 Å². The van der Waals surface area contributed by atoms with Gasteiger partial charge in [-0.05, 0) is 0 Å². The number of rotatable bonds is 6. The molecule has 0 aliphatic rings. The average Bonchev–Trinajstić information content (AvgIpc) is 2.41. The van der Waals surface area contributed by atoms with E-state index in [-0.39, 0.29) is 7.11 Å². The summed E-state index contributed by atoms with van der Waals surface area (Å²) in [5.41, 5.74) is 0. The molecule has 0 N–H and O–H groups in total. The molecule has 0 heterocycles. The summed E-state index contributed by atoms with van der Waals surface area (Å²) in [6, 6.07) is 0. The third-order valence-electron chi connectivity index (χ3n) is 2.77. The van der Waals surface area contributed by atoms with Crippen LogP contribution in [0.5, 0.6) is 0 Å². The Kier molecular flexibility index (Phi) is 6.85. The summed E-state index contributed by atoms with van der Waals surface area (Å²) in [6.07, 6.45) is -24.9. The largest absolute Gasteiger partial charge is 0.465 e. The maximum atomic E-state index is 13.4. The van der Waals surface area contributed by atoms with Gasteiger partial charge in [-0.2, -0.15) is 52.7 Å². The lowest BCUT2D eigenvalue weighted by Crippen LogP contribution is -2.57. The SMILES string of the molecule is COC(=O)C(F)(F)C(F)C(COC(F)(C(F)(F)F)C(F)(F)F)C(F)(F)F. The Balaban J connectivity index is 5.80. The zero-order valence-corrected chi connectivity index (χ0v) is 12.0. The number of hydrogen-bond donors (Lipinski definition) is 0. The molecule has 0 aromatic heterocycles. The number of carbonyl (C=O) groups excluding carboxylic acids is 1. The highest BCUT2D eigenvalue weighted by molar-refractivity contribution is 5.78. The predicted molar refractivity (Wildman–Crippen MR) is 53.3 cm³/mol. The van der Waals surface area contributed by atoms with E-state index < -0.39 is 55.0 Å². The molecule has 0 bridgehead atoms. The first kappa shape index (κ1) is 24.5. The number of hydrogen-bond acceptors (Lipinski definition) is 3. The van der Waals surface area contributed by atoms with Crippen molar-refractivity contribution in [3.8, 4) is 0 Å². The molecule has 0 aliphatic heterocycles. The van der Waals surface area contributed by atoms with Crippen LogP contribution in [-0.4, -0.2) is 56.2 Å². The smallest absolute Gasteiger partial charge is 0.458 e. The molecule has 0 saturated heterocycles. The molecule has 2 unspecified atom stereocenters. The van der Waals surface area contributed by atoms with Crippen LogP contribution in [0.25, 0.3) is 0 Å². The molecule has 26 heavy (non-hydrogen) atoms. The lowest BCUT2D eigenvalue weighted by atomic mass is 9.98. The Morgan fingerprint density at radius 2 is 1.23 bits per heavy atom. The van der Waals surface area contributed by atoms with E-state index in [1.165, 1.54) is 0 Å². The number of alkyl halides is 13. The molecule has 0 amide bonds. The topological polar surface area (TPSA) is 35.5 Å². The second-order valence-electron chi connectivity index (χ2n) is 4.57. The highest BCUT2D eigenvalue weighted by Gasteiger charge is 2.75. The number of halogens is 13. The van der Waals surface area contributed by atoms with Crippen molar-refractivity contribution in [3.63, 3.8) is 0 Å². The molecule has 2 atom stereocenters. The summed E-state index contributed by atoms with van der Waals surface area (Å²) in [5, 5.41) is 0. The van der Waals surface area contributed by atoms with Crippen molar-refractivity contribution in [3.05, 3.63) is 0 Å². The van der Waals surface area contributed by atoms with Crippen LogP contribution in [0.3, 0.4) is 0 Å². The van der Waals surface area contributed by atoms with Gasteiger partial charge in [0.25, 0.3) is 0 Å². The zero-order valence-electron chi connectivity index (χ0n) is 12.0. The van der Waals surface area contributed by atoms with Gasteiger partial charge in [0.05, 0.1) is 13.7 Å². The zero-order chi connectivity index (χ0) is 21.4. The first-order valence-corrected chi connectivity index (χ1v) is 5.86. The maximum absolute atomic E-state index is 13.4. The number of methoxy groups -OCH3 is 1. The van der Waals surface area contributed by atoms with Crippen molar-refractivity contribution in [1.82, 2.24) is 0 Å². The fourth-order valence-electron chi connectivity index (χ4n) is 1.38. The van der Waals surface area contributed by atoms with Gasteiger partial charge >= 0.3 is 36.3 Å². The van der Waals surface area contributed by atoms with E-state index in [4.69, 9.17) is 0 Å². The standard InChI is InChI=1S/C10H7F13O3/c1-25-5(24)6(12,13)4(11)3(7(14,15)16)2-26-8(17,9(18,19)20)10(21,22)23/h3-4H,2H2,1H3. The molecule has 0 spiro atoms. The van der Waals surface area contributed by atoms with Gasteiger partial charge in [0, 0.05) is 0 Å². The van der Waals surface area contributed by atoms with E-state index in [1.807, 2.05) is 0 Å². The van der Waals surface area contributed by atoms with Crippen LogP contribution in [0.15, 0.2) is 0 Å². The van der Waals surface area contributed by atoms with Crippen LogP contribution in [0.1, 0.15) is 0 Å². The van der Waals surface area contributed by atoms with Gasteiger partial charge in [0.1, 0.15) is 5.92 Å². The summed E-state index contributed by atoms with van der Waals surface area (Å²) in [5.74, 6) is -19.7. The van der Waals surface area contributed by atoms with E-state index in [0.717, 1.165) is 0 Å². The molecule has 0 aliphatic carbocycles. The van der Waals surface area contributed by atoms with Crippen molar-refractivity contribution >= 4 is 5.97 Å². The average molecular weight is 422 g/mol. The van der Waals surface area contributed by atoms with Gasteiger partial charge < -0.3 is 9.47 Å². The van der Waals surface area contributed by atoms with Crippen LogP contribution in [0, 0.1) is 5.92 Å². The minimum Gasteiger partial charge on any atom is -0.465 e. The number of ether oxygens (including phenoxy) is 2. The van der Waals surface area contributed by atoms with E-state index in [0.29, 0.717) is 0 Å².